The number of aromatic nitrogens is 3. The highest BCUT2D eigenvalue weighted by atomic mass is 32.1. The van der Waals surface area contributed by atoms with Gasteiger partial charge in [-0.1, -0.05) is 0 Å². The van der Waals surface area contributed by atoms with Crippen LogP contribution in [0.15, 0.2) is 40.1 Å². The minimum absolute atomic E-state index is 0.226. The van der Waals surface area contributed by atoms with E-state index in [0.717, 1.165) is 0 Å². The van der Waals surface area contributed by atoms with E-state index < -0.39 is 0 Å². The van der Waals surface area contributed by atoms with Crippen LogP contribution >= 0.6 is 11.3 Å². The van der Waals surface area contributed by atoms with Crippen LogP contribution < -0.4 is 10.9 Å². The highest BCUT2D eigenvalue weighted by molar-refractivity contribution is 7.07. The van der Waals surface area contributed by atoms with Gasteiger partial charge in [-0.3, -0.25) is 4.79 Å². The number of pyridine rings is 1. The van der Waals surface area contributed by atoms with Gasteiger partial charge in [-0.2, -0.15) is 11.3 Å². The van der Waals surface area contributed by atoms with Crippen LogP contribution in [0.3, 0.4) is 0 Å². The zero-order chi connectivity index (χ0) is 15.5. The molecule has 1 unspecified atom stereocenters. The molecule has 3 aromatic heterocycles. The van der Waals surface area contributed by atoms with Gasteiger partial charge >= 0.3 is 0 Å². The summed E-state index contributed by atoms with van der Waals surface area (Å²) in [5.41, 5.74) is 1.99. The first-order valence-electron chi connectivity index (χ1n) is 6.92. The van der Waals surface area contributed by atoms with Gasteiger partial charge in [0, 0.05) is 6.54 Å². The second kappa shape index (κ2) is 6.25. The lowest BCUT2D eigenvalue weighted by Gasteiger charge is -2.24. The van der Waals surface area contributed by atoms with Crippen LogP contribution in [0.2, 0.25) is 0 Å². The van der Waals surface area contributed by atoms with E-state index in [-0.39, 0.29) is 11.6 Å². The van der Waals surface area contributed by atoms with Gasteiger partial charge in [0.05, 0.1) is 17.9 Å². The van der Waals surface area contributed by atoms with Crippen LogP contribution in [0, 0.1) is 0 Å². The van der Waals surface area contributed by atoms with Crippen molar-refractivity contribution in [1.29, 1.82) is 0 Å². The van der Waals surface area contributed by atoms with Gasteiger partial charge < -0.3 is 15.2 Å². The molecule has 0 fully saturated rings. The summed E-state index contributed by atoms with van der Waals surface area (Å²) < 4.78 is 0. The second-order valence-electron chi connectivity index (χ2n) is 5.21. The van der Waals surface area contributed by atoms with E-state index in [2.05, 4.69) is 42.0 Å². The monoisotopic (exact) mass is 315 g/mol. The zero-order valence-corrected chi connectivity index (χ0v) is 13.2. The SMILES string of the molecule is CN(C)C(CNc1ccc2nc[nH]c(=O)c2n1)c1ccsc1. The molecule has 0 aliphatic heterocycles. The topological polar surface area (TPSA) is 73.9 Å². The van der Waals surface area contributed by atoms with Crippen molar-refractivity contribution in [1.82, 2.24) is 19.9 Å². The standard InChI is InChI=1S/C15H17N5OS/c1-20(2)12(10-5-6-22-8-10)7-16-13-4-3-11-14(19-13)15(21)18-9-17-11/h3-6,8-9,12H,7H2,1-2H3,(H,16,19)(H,17,18,21). The first kappa shape index (κ1) is 14.7. The summed E-state index contributed by atoms with van der Waals surface area (Å²) in [4.78, 5) is 24.9. The molecule has 0 saturated carbocycles. The van der Waals surface area contributed by atoms with Crippen molar-refractivity contribution in [2.45, 2.75) is 6.04 Å². The molecule has 3 rings (SSSR count). The average Bonchev–Trinajstić information content (AvgIpc) is 3.02. The third-order valence-electron chi connectivity index (χ3n) is 3.52. The first-order chi connectivity index (χ1) is 10.6. The molecule has 0 aromatic carbocycles. The molecule has 114 valence electrons. The summed E-state index contributed by atoms with van der Waals surface area (Å²) >= 11 is 1.69. The summed E-state index contributed by atoms with van der Waals surface area (Å²) in [6.45, 7) is 0.709. The number of nitrogens with zero attached hydrogens (tertiary/aromatic N) is 3. The fourth-order valence-electron chi connectivity index (χ4n) is 2.31. The summed E-state index contributed by atoms with van der Waals surface area (Å²) in [7, 11) is 4.10. The van der Waals surface area contributed by atoms with Gasteiger partial charge in [0.25, 0.3) is 5.56 Å². The molecule has 2 N–H and O–H groups in total. The summed E-state index contributed by atoms with van der Waals surface area (Å²) in [6.07, 6.45) is 1.39. The van der Waals surface area contributed by atoms with Crippen molar-refractivity contribution in [3.8, 4) is 0 Å². The van der Waals surface area contributed by atoms with Crippen molar-refractivity contribution in [2.75, 3.05) is 26.0 Å². The van der Waals surface area contributed by atoms with Crippen LogP contribution in [-0.2, 0) is 0 Å². The largest absolute Gasteiger partial charge is 0.368 e. The zero-order valence-electron chi connectivity index (χ0n) is 12.4. The van der Waals surface area contributed by atoms with Crippen molar-refractivity contribution >= 4 is 28.2 Å². The van der Waals surface area contributed by atoms with Gasteiger partial charge in [0.15, 0.2) is 5.52 Å². The molecule has 0 aliphatic carbocycles. The average molecular weight is 315 g/mol. The Hall–Kier alpha value is -2.25. The summed E-state index contributed by atoms with van der Waals surface area (Å²) in [5, 5.41) is 7.53. The maximum absolute atomic E-state index is 11.8. The number of anilines is 1. The minimum atomic E-state index is -0.226. The fourth-order valence-corrected chi connectivity index (χ4v) is 3.02. The Bertz CT molecular complexity index is 812. The smallest absolute Gasteiger partial charge is 0.277 e. The third-order valence-corrected chi connectivity index (χ3v) is 4.22. The van der Waals surface area contributed by atoms with E-state index in [1.165, 1.54) is 11.9 Å². The van der Waals surface area contributed by atoms with Gasteiger partial charge in [0.2, 0.25) is 0 Å². The van der Waals surface area contributed by atoms with Crippen LogP contribution in [0.4, 0.5) is 5.82 Å². The van der Waals surface area contributed by atoms with Crippen molar-refractivity contribution in [3.05, 3.63) is 51.2 Å². The molecule has 3 heterocycles. The normalized spacial score (nSPS) is 12.7. The maximum atomic E-state index is 11.8. The molecule has 6 nitrogen and oxygen atoms in total. The molecule has 22 heavy (non-hydrogen) atoms. The van der Waals surface area contributed by atoms with Crippen molar-refractivity contribution in [3.63, 3.8) is 0 Å². The Kier molecular flexibility index (Phi) is 4.17. The predicted octanol–water partition coefficient (Wildman–Crippen LogP) is 2.09. The molecule has 3 aromatic rings. The fraction of sp³-hybridized carbons (Fsp3) is 0.267. The van der Waals surface area contributed by atoms with Crippen molar-refractivity contribution in [2.24, 2.45) is 0 Å². The van der Waals surface area contributed by atoms with E-state index >= 15 is 0 Å². The highest BCUT2D eigenvalue weighted by Gasteiger charge is 2.14. The Labute approximate surface area is 131 Å². The van der Waals surface area contributed by atoms with E-state index in [1.54, 1.807) is 17.4 Å². The van der Waals surface area contributed by atoms with Crippen LogP contribution in [-0.4, -0.2) is 40.5 Å². The molecule has 0 saturated heterocycles. The summed E-state index contributed by atoms with van der Waals surface area (Å²) in [6, 6.07) is 6.01. The number of fused-ring (bicyclic) bond motifs is 1. The van der Waals surface area contributed by atoms with E-state index in [1.807, 2.05) is 20.2 Å². The maximum Gasteiger partial charge on any atom is 0.277 e. The van der Waals surface area contributed by atoms with E-state index in [9.17, 15) is 4.79 Å². The van der Waals surface area contributed by atoms with E-state index in [0.29, 0.717) is 23.4 Å². The number of H-pyrrole nitrogens is 1. The predicted molar refractivity (Wildman–Crippen MR) is 89.4 cm³/mol. The molecule has 0 spiro atoms. The molecule has 0 bridgehead atoms. The molecule has 0 radical (unpaired) electrons. The Morgan fingerprint density at radius 2 is 2.23 bits per heavy atom. The van der Waals surface area contributed by atoms with Crippen LogP contribution in [0.25, 0.3) is 11.0 Å². The number of hydrogen-bond donors (Lipinski definition) is 2. The Morgan fingerprint density at radius 1 is 1.36 bits per heavy atom. The lowest BCUT2D eigenvalue weighted by molar-refractivity contribution is 0.312. The number of nitrogens with one attached hydrogen (secondary N) is 2. The highest BCUT2D eigenvalue weighted by Crippen LogP contribution is 2.21. The lowest BCUT2D eigenvalue weighted by atomic mass is 10.1. The molecular weight excluding hydrogens is 298 g/mol. The molecule has 0 aliphatic rings. The molecular formula is C15H17N5OS. The number of hydrogen-bond acceptors (Lipinski definition) is 6. The van der Waals surface area contributed by atoms with Gasteiger partial charge in [-0.25, -0.2) is 9.97 Å². The first-order valence-corrected chi connectivity index (χ1v) is 7.86. The molecule has 7 heteroatoms. The van der Waals surface area contributed by atoms with E-state index in [4.69, 9.17) is 0 Å². The number of rotatable bonds is 5. The Balaban J connectivity index is 1.81. The number of aromatic amines is 1. The van der Waals surface area contributed by atoms with Crippen molar-refractivity contribution < 1.29 is 0 Å². The minimum Gasteiger partial charge on any atom is -0.368 e. The molecule has 1 atom stereocenters. The molecule has 0 amide bonds. The Morgan fingerprint density at radius 3 is 2.95 bits per heavy atom. The van der Waals surface area contributed by atoms with Gasteiger partial charge in [0.1, 0.15) is 5.82 Å². The number of thiophene rings is 1. The third kappa shape index (κ3) is 3.00. The van der Waals surface area contributed by atoms with Gasteiger partial charge in [-0.15, -0.1) is 0 Å². The van der Waals surface area contributed by atoms with Crippen LogP contribution in [0.5, 0.6) is 0 Å². The number of likely N-dealkylation sites (N-methyl/N-ethyl adjacent to an activating group) is 1. The lowest BCUT2D eigenvalue weighted by Crippen LogP contribution is -2.26. The van der Waals surface area contributed by atoms with Crippen LogP contribution in [0.1, 0.15) is 11.6 Å². The second-order valence-corrected chi connectivity index (χ2v) is 5.99. The quantitative estimate of drug-likeness (QED) is 0.754. The summed E-state index contributed by atoms with van der Waals surface area (Å²) in [5.74, 6) is 0.674. The van der Waals surface area contributed by atoms with Gasteiger partial charge in [-0.05, 0) is 48.6 Å².